The SMILES string of the molecule is CCOC(=O)c1sc(N2CCC(CO)CC2)c(OC)c1N. The van der Waals surface area contributed by atoms with Crippen LogP contribution in [0.3, 0.4) is 0 Å². The number of thiophene rings is 1. The Bertz CT molecular complexity index is 495. The minimum atomic E-state index is -0.408. The minimum Gasteiger partial charge on any atom is -0.492 e. The molecule has 2 rings (SSSR count). The van der Waals surface area contributed by atoms with E-state index in [1.54, 1.807) is 14.0 Å². The standard InChI is InChI=1S/C14H22N2O4S/c1-3-20-14(18)12-10(15)11(19-2)13(21-12)16-6-4-9(8-17)5-7-16/h9,17H,3-8,15H2,1-2H3. The van der Waals surface area contributed by atoms with E-state index in [0.717, 1.165) is 30.9 Å². The third-order valence-corrected chi connectivity index (χ3v) is 4.93. The number of nitrogens with zero attached hydrogens (tertiary/aromatic N) is 1. The van der Waals surface area contributed by atoms with Gasteiger partial charge in [0, 0.05) is 19.7 Å². The molecule has 1 aromatic heterocycles. The molecule has 0 saturated carbocycles. The number of ether oxygens (including phenoxy) is 2. The molecule has 1 aromatic rings. The van der Waals surface area contributed by atoms with Crippen molar-refractivity contribution in [1.29, 1.82) is 0 Å². The Morgan fingerprint density at radius 3 is 2.67 bits per heavy atom. The van der Waals surface area contributed by atoms with E-state index in [9.17, 15) is 9.90 Å². The summed E-state index contributed by atoms with van der Waals surface area (Å²) in [6.07, 6.45) is 1.85. The summed E-state index contributed by atoms with van der Waals surface area (Å²) in [6.45, 7) is 3.95. The van der Waals surface area contributed by atoms with Gasteiger partial charge in [-0.25, -0.2) is 4.79 Å². The van der Waals surface area contributed by atoms with Crippen LogP contribution in [0.5, 0.6) is 5.75 Å². The normalized spacial score (nSPS) is 16.0. The largest absolute Gasteiger partial charge is 0.492 e. The summed E-state index contributed by atoms with van der Waals surface area (Å²) in [5.74, 6) is 0.495. The Kier molecular flexibility index (Phi) is 5.30. The molecular weight excluding hydrogens is 292 g/mol. The van der Waals surface area contributed by atoms with Gasteiger partial charge < -0.3 is 25.2 Å². The zero-order valence-electron chi connectivity index (χ0n) is 12.4. The molecule has 7 heteroatoms. The number of carbonyl (C=O) groups is 1. The van der Waals surface area contributed by atoms with E-state index < -0.39 is 5.97 Å². The Hall–Kier alpha value is -1.47. The third-order valence-electron chi connectivity index (χ3n) is 3.71. The van der Waals surface area contributed by atoms with Crippen LogP contribution >= 0.6 is 11.3 Å². The van der Waals surface area contributed by atoms with E-state index in [0.29, 0.717) is 28.8 Å². The third kappa shape index (κ3) is 3.24. The van der Waals surface area contributed by atoms with E-state index >= 15 is 0 Å². The molecule has 118 valence electrons. The quantitative estimate of drug-likeness (QED) is 0.805. The van der Waals surface area contributed by atoms with Gasteiger partial charge in [0.2, 0.25) is 0 Å². The van der Waals surface area contributed by atoms with Gasteiger partial charge in [-0.15, -0.1) is 11.3 Å². The number of nitrogens with two attached hydrogens (primary N) is 1. The number of rotatable bonds is 5. The van der Waals surface area contributed by atoms with Gasteiger partial charge in [0.25, 0.3) is 0 Å². The second-order valence-electron chi connectivity index (χ2n) is 5.02. The Balaban J connectivity index is 2.23. The molecule has 0 aromatic carbocycles. The predicted octanol–water partition coefficient (Wildman–Crippen LogP) is 1.72. The van der Waals surface area contributed by atoms with Gasteiger partial charge >= 0.3 is 5.97 Å². The van der Waals surface area contributed by atoms with Gasteiger partial charge in [0.05, 0.1) is 13.7 Å². The average molecular weight is 314 g/mol. The van der Waals surface area contributed by atoms with Crippen LogP contribution in [0.4, 0.5) is 10.7 Å². The molecule has 1 aliphatic heterocycles. The average Bonchev–Trinajstić information content (AvgIpc) is 2.84. The van der Waals surface area contributed by atoms with Crippen LogP contribution in [0.25, 0.3) is 0 Å². The molecule has 0 atom stereocenters. The van der Waals surface area contributed by atoms with E-state index in [4.69, 9.17) is 15.2 Å². The van der Waals surface area contributed by atoms with Crippen LogP contribution in [0.1, 0.15) is 29.4 Å². The number of anilines is 2. The lowest BCUT2D eigenvalue weighted by Crippen LogP contribution is -2.34. The Morgan fingerprint density at radius 2 is 2.14 bits per heavy atom. The number of methoxy groups -OCH3 is 1. The highest BCUT2D eigenvalue weighted by molar-refractivity contribution is 7.19. The lowest BCUT2D eigenvalue weighted by atomic mass is 9.98. The number of esters is 1. The fourth-order valence-electron chi connectivity index (χ4n) is 2.49. The number of aliphatic hydroxyl groups is 1. The van der Waals surface area contributed by atoms with Gasteiger partial charge in [-0.3, -0.25) is 0 Å². The summed E-state index contributed by atoms with van der Waals surface area (Å²) >= 11 is 1.31. The fraction of sp³-hybridized carbons (Fsp3) is 0.643. The van der Waals surface area contributed by atoms with Crippen molar-refractivity contribution in [1.82, 2.24) is 0 Å². The molecule has 0 unspecified atom stereocenters. The number of aliphatic hydroxyl groups excluding tert-OH is 1. The molecule has 0 bridgehead atoms. The first-order valence-electron chi connectivity index (χ1n) is 7.11. The van der Waals surface area contributed by atoms with Crippen LogP contribution in [-0.4, -0.2) is 44.5 Å². The van der Waals surface area contributed by atoms with Crippen molar-refractivity contribution in [2.24, 2.45) is 5.92 Å². The zero-order chi connectivity index (χ0) is 15.4. The Labute approximate surface area is 128 Å². The van der Waals surface area contributed by atoms with Crippen molar-refractivity contribution < 1.29 is 19.4 Å². The molecule has 2 heterocycles. The van der Waals surface area contributed by atoms with Gasteiger partial charge in [-0.2, -0.15) is 0 Å². The maximum absolute atomic E-state index is 11.9. The summed E-state index contributed by atoms with van der Waals surface area (Å²) in [7, 11) is 1.55. The van der Waals surface area contributed by atoms with Crippen LogP contribution in [-0.2, 0) is 4.74 Å². The molecule has 0 amide bonds. The highest BCUT2D eigenvalue weighted by atomic mass is 32.1. The molecule has 0 spiro atoms. The first-order chi connectivity index (χ1) is 10.1. The molecule has 1 saturated heterocycles. The summed E-state index contributed by atoms with van der Waals surface area (Å²) < 4.78 is 10.4. The van der Waals surface area contributed by atoms with Crippen LogP contribution in [0.15, 0.2) is 0 Å². The van der Waals surface area contributed by atoms with Crippen molar-refractivity contribution in [2.45, 2.75) is 19.8 Å². The monoisotopic (exact) mass is 314 g/mol. The van der Waals surface area contributed by atoms with Crippen molar-refractivity contribution in [3.8, 4) is 5.75 Å². The van der Waals surface area contributed by atoms with Crippen molar-refractivity contribution in [3.63, 3.8) is 0 Å². The van der Waals surface area contributed by atoms with Gasteiger partial charge in [0.15, 0.2) is 5.75 Å². The van der Waals surface area contributed by atoms with Crippen molar-refractivity contribution >= 4 is 28.0 Å². The number of piperidine rings is 1. The summed E-state index contributed by atoms with van der Waals surface area (Å²) in [4.78, 5) is 14.5. The topological polar surface area (TPSA) is 85.0 Å². The zero-order valence-corrected chi connectivity index (χ0v) is 13.2. The lowest BCUT2D eigenvalue weighted by Gasteiger charge is -2.32. The van der Waals surface area contributed by atoms with E-state index in [1.807, 2.05) is 0 Å². The molecular formula is C14H22N2O4S. The van der Waals surface area contributed by atoms with Gasteiger partial charge in [0.1, 0.15) is 15.6 Å². The molecule has 1 fully saturated rings. The summed E-state index contributed by atoms with van der Waals surface area (Å²) in [5, 5.41) is 10.1. The second-order valence-corrected chi connectivity index (χ2v) is 6.02. The number of carbonyl (C=O) groups excluding carboxylic acids is 1. The summed E-state index contributed by atoms with van der Waals surface area (Å²) in [5.41, 5.74) is 6.37. The van der Waals surface area contributed by atoms with Crippen molar-refractivity contribution in [2.75, 3.05) is 44.0 Å². The molecule has 1 aliphatic rings. The maximum atomic E-state index is 11.9. The van der Waals surface area contributed by atoms with Gasteiger partial charge in [-0.1, -0.05) is 0 Å². The Morgan fingerprint density at radius 1 is 1.48 bits per heavy atom. The highest BCUT2D eigenvalue weighted by Gasteiger charge is 2.28. The lowest BCUT2D eigenvalue weighted by molar-refractivity contribution is 0.0533. The van der Waals surface area contributed by atoms with Crippen LogP contribution in [0, 0.1) is 5.92 Å². The smallest absolute Gasteiger partial charge is 0.350 e. The maximum Gasteiger partial charge on any atom is 0.350 e. The van der Waals surface area contributed by atoms with E-state index in [1.165, 1.54) is 11.3 Å². The number of hydrogen-bond acceptors (Lipinski definition) is 7. The van der Waals surface area contributed by atoms with Crippen LogP contribution in [0.2, 0.25) is 0 Å². The predicted molar refractivity (Wildman–Crippen MR) is 83.3 cm³/mol. The number of nitrogen functional groups attached to an aromatic ring is 1. The first-order valence-corrected chi connectivity index (χ1v) is 7.93. The molecule has 0 aliphatic carbocycles. The first kappa shape index (κ1) is 15.9. The molecule has 0 radical (unpaired) electrons. The van der Waals surface area contributed by atoms with Crippen molar-refractivity contribution in [3.05, 3.63) is 4.88 Å². The molecule has 6 nitrogen and oxygen atoms in total. The molecule has 3 N–H and O–H groups in total. The summed E-state index contributed by atoms with van der Waals surface area (Å²) in [6, 6.07) is 0. The minimum absolute atomic E-state index is 0.228. The number of hydrogen-bond donors (Lipinski definition) is 2. The molecule has 21 heavy (non-hydrogen) atoms. The fourth-order valence-corrected chi connectivity index (χ4v) is 3.62. The van der Waals surface area contributed by atoms with E-state index in [2.05, 4.69) is 4.90 Å². The second kappa shape index (κ2) is 7.00. The van der Waals surface area contributed by atoms with E-state index in [-0.39, 0.29) is 6.61 Å². The van der Waals surface area contributed by atoms with Gasteiger partial charge in [-0.05, 0) is 25.7 Å². The highest BCUT2D eigenvalue weighted by Crippen LogP contribution is 2.45. The van der Waals surface area contributed by atoms with Crippen LogP contribution < -0.4 is 15.4 Å².